The zero-order chi connectivity index (χ0) is 9.15. The average molecular weight is 184 g/mol. The van der Waals surface area contributed by atoms with E-state index in [0.29, 0.717) is 0 Å². The molecule has 0 unspecified atom stereocenters. The Hall–Kier alpha value is -0.120. The first-order chi connectivity index (χ1) is 6.31. The molecule has 1 saturated carbocycles. The number of rotatable bonds is 1. The Morgan fingerprint density at radius 3 is 2.23 bits per heavy atom. The van der Waals surface area contributed by atoms with E-state index in [1.807, 2.05) is 0 Å². The van der Waals surface area contributed by atoms with Gasteiger partial charge in [0.05, 0.1) is 18.9 Å². The highest BCUT2D eigenvalue weighted by Crippen LogP contribution is 2.29. The fraction of sp³-hybridized carbons (Fsp3) is 1.00. The van der Waals surface area contributed by atoms with Crippen molar-refractivity contribution >= 4 is 0 Å². The lowest BCUT2D eigenvalue weighted by atomic mass is 9.88. The Labute approximate surface area is 80.2 Å². The van der Waals surface area contributed by atoms with Gasteiger partial charge in [0.1, 0.15) is 0 Å². The lowest BCUT2D eigenvalue weighted by Gasteiger charge is -2.45. The van der Waals surface area contributed by atoms with E-state index in [4.69, 9.17) is 10.5 Å². The van der Waals surface area contributed by atoms with Crippen LogP contribution in [0.1, 0.15) is 32.1 Å². The van der Waals surface area contributed by atoms with Crippen LogP contribution in [0, 0.1) is 0 Å². The molecule has 2 aliphatic rings. The molecule has 0 atom stereocenters. The van der Waals surface area contributed by atoms with Crippen molar-refractivity contribution < 1.29 is 4.74 Å². The van der Waals surface area contributed by atoms with Crippen molar-refractivity contribution in [1.29, 1.82) is 0 Å². The number of morpholine rings is 1. The third-order valence-electron chi connectivity index (χ3n) is 3.36. The summed E-state index contributed by atoms with van der Waals surface area (Å²) in [5.74, 6) is 0. The quantitative estimate of drug-likeness (QED) is 0.659. The molecular formula is C10H20N2O. The minimum atomic E-state index is 0.00201. The summed E-state index contributed by atoms with van der Waals surface area (Å²) < 4.78 is 5.34. The van der Waals surface area contributed by atoms with E-state index in [-0.39, 0.29) is 5.66 Å². The second kappa shape index (κ2) is 3.95. The summed E-state index contributed by atoms with van der Waals surface area (Å²) >= 11 is 0. The van der Waals surface area contributed by atoms with Crippen molar-refractivity contribution in [2.45, 2.75) is 37.8 Å². The molecule has 2 rings (SSSR count). The smallest absolute Gasteiger partial charge is 0.0688 e. The van der Waals surface area contributed by atoms with Gasteiger partial charge in [0, 0.05) is 13.1 Å². The van der Waals surface area contributed by atoms with Gasteiger partial charge in [0.25, 0.3) is 0 Å². The molecule has 0 aromatic rings. The maximum Gasteiger partial charge on any atom is 0.0688 e. The van der Waals surface area contributed by atoms with Crippen LogP contribution in [-0.2, 0) is 4.74 Å². The molecule has 2 fully saturated rings. The van der Waals surface area contributed by atoms with Crippen LogP contribution in [0.3, 0.4) is 0 Å². The molecule has 76 valence electrons. The highest BCUT2D eigenvalue weighted by Gasteiger charge is 2.34. The molecule has 0 aromatic heterocycles. The Balaban J connectivity index is 1.94. The number of hydrogen-bond donors (Lipinski definition) is 1. The van der Waals surface area contributed by atoms with Crippen molar-refractivity contribution in [3.05, 3.63) is 0 Å². The van der Waals surface area contributed by atoms with Gasteiger partial charge in [-0.3, -0.25) is 4.90 Å². The van der Waals surface area contributed by atoms with E-state index in [0.717, 1.165) is 26.3 Å². The predicted octanol–water partition coefficient (Wildman–Crippen LogP) is 0.938. The summed E-state index contributed by atoms with van der Waals surface area (Å²) in [6, 6.07) is 0. The van der Waals surface area contributed by atoms with E-state index in [1.54, 1.807) is 0 Å². The first-order valence-electron chi connectivity index (χ1n) is 5.43. The van der Waals surface area contributed by atoms with Gasteiger partial charge in [-0.05, 0) is 12.8 Å². The summed E-state index contributed by atoms with van der Waals surface area (Å²) in [5.41, 5.74) is 6.41. The largest absolute Gasteiger partial charge is 0.379 e. The maximum atomic E-state index is 6.40. The maximum absolute atomic E-state index is 6.40. The molecule has 1 aliphatic carbocycles. The Morgan fingerprint density at radius 2 is 1.62 bits per heavy atom. The number of nitrogens with two attached hydrogens (primary N) is 1. The summed E-state index contributed by atoms with van der Waals surface area (Å²) in [7, 11) is 0. The Bertz CT molecular complexity index is 160. The first kappa shape index (κ1) is 9.44. The van der Waals surface area contributed by atoms with E-state index < -0.39 is 0 Å². The zero-order valence-corrected chi connectivity index (χ0v) is 8.30. The van der Waals surface area contributed by atoms with Crippen molar-refractivity contribution in [3.63, 3.8) is 0 Å². The second-order valence-corrected chi connectivity index (χ2v) is 4.26. The number of ether oxygens (including phenoxy) is 1. The lowest BCUT2D eigenvalue weighted by molar-refractivity contribution is -0.0348. The highest BCUT2D eigenvalue weighted by molar-refractivity contribution is 4.88. The molecule has 3 nitrogen and oxygen atoms in total. The topological polar surface area (TPSA) is 38.5 Å². The van der Waals surface area contributed by atoms with Gasteiger partial charge in [-0.2, -0.15) is 0 Å². The summed E-state index contributed by atoms with van der Waals surface area (Å²) in [6.07, 6.45) is 6.31. The van der Waals surface area contributed by atoms with Gasteiger partial charge < -0.3 is 10.5 Å². The van der Waals surface area contributed by atoms with Crippen LogP contribution >= 0.6 is 0 Å². The predicted molar refractivity (Wildman–Crippen MR) is 52.4 cm³/mol. The summed E-state index contributed by atoms with van der Waals surface area (Å²) in [5, 5.41) is 0. The summed E-state index contributed by atoms with van der Waals surface area (Å²) in [4.78, 5) is 2.43. The molecule has 1 heterocycles. The highest BCUT2D eigenvalue weighted by atomic mass is 16.5. The fourth-order valence-corrected chi connectivity index (χ4v) is 2.49. The average Bonchev–Trinajstić information content (AvgIpc) is 2.20. The minimum absolute atomic E-state index is 0.00201. The lowest BCUT2D eigenvalue weighted by Crippen LogP contribution is -2.60. The van der Waals surface area contributed by atoms with Crippen LogP contribution in [0.2, 0.25) is 0 Å². The zero-order valence-electron chi connectivity index (χ0n) is 8.30. The SMILES string of the molecule is NC1(N2CCOCC2)CCCCC1. The van der Waals surface area contributed by atoms with Gasteiger partial charge in [0.2, 0.25) is 0 Å². The van der Waals surface area contributed by atoms with Crippen LogP contribution in [0.5, 0.6) is 0 Å². The molecular weight excluding hydrogens is 164 g/mol. The standard InChI is InChI=1S/C10H20N2O/c11-10(4-2-1-3-5-10)12-6-8-13-9-7-12/h1-9,11H2. The molecule has 0 bridgehead atoms. The van der Waals surface area contributed by atoms with Gasteiger partial charge in [0.15, 0.2) is 0 Å². The van der Waals surface area contributed by atoms with Crippen molar-refractivity contribution in [3.8, 4) is 0 Å². The minimum Gasteiger partial charge on any atom is -0.379 e. The Morgan fingerprint density at radius 1 is 1.00 bits per heavy atom. The molecule has 3 heteroatoms. The van der Waals surface area contributed by atoms with E-state index in [1.165, 1.54) is 32.1 Å². The molecule has 13 heavy (non-hydrogen) atoms. The van der Waals surface area contributed by atoms with Crippen molar-refractivity contribution in [1.82, 2.24) is 4.90 Å². The van der Waals surface area contributed by atoms with Gasteiger partial charge >= 0.3 is 0 Å². The first-order valence-corrected chi connectivity index (χ1v) is 5.43. The van der Waals surface area contributed by atoms with Crippen molar-refractivity contribution in [2.75, 3.05) is 26.3 Å². The van der Waals surface area contributed by atoms with Crippen molar-refractivity contribution in [2.24, 2.45) is 5.73 Å². The third-order valence-corrected chi connectivity index (χ3v) is 3.36. The molecule has 1 saturated heterocycles. The summed E-state index contributed by atoms with van der Waals surface area (Å²) in [6.45, 7) is 3.77. The van der Waals surface area contributed by atoms with E-state index >= 15 is 0 Å². The van der Waals surface area contributed by atoms with E-state index in [9.17, 15) is 0 Å². The van der Waals surface area contributed by atoms with Gasteiger partial charge in [-0.25, -0.2) is 0 Å². The van der Waals surface area contributed by atoms with Gasteiger partial charge in [-0.15, -0.1) is 0 Å². The van der Waals surface area contributed by atoms with Gasteiger partial charge in [-0.1, -0.05) is 19.3 Å². The van der Waals surface area contributed by atoms with Crippen LogP contribution < -0.4 is 5.73 Å². The monoisotopic (exact) mass is 184 g/mol. The fourth-order valence-electron chi connectivity index (χ4n) is 2.49. The molecule has 0 aromatic carbocycles. The molecule has 0 radical (unpaired) electrons. The van der Waals surface area contributed by atoms with Crippen LogP contribution in [0.25, 0.3) is 0 Å². The molecule has 0 spiro atoms. The Kier molecular flexibility index (Phi) is 2.86. The number of nitrogens with zero attached hydrogens (tertiary/aromatic N) is 1. The van der Waals surface area contributed by atoms with Crippen LogP contribution in [0.15, 0.2) is 0 Å². The molecule has 2 N–H and O–H groups in total. The molecule has 0 amide bonds. The molecule has 1 aliphatic heterocycles. The van der Waals surface area contributed by atoms with Crippen LogP contribution in [-0.4, -0.2) is 36.9 Å². The second-order valence-electron chi connectivity index (χ2n) is 4.26. The number of hydrogen-bond acceptors (Lipinski definition) is 3. The third kappa shape index (κ3) is 2.03. The normalized spacial score (nSPS) is 30.2. The van der Waals surface area contributed by atoms with E-state index in [2.05, 4.69) is 4.90 Å². The van der Waals surface area contributed by atoms with Crippen LogP contribution in [0.4, 0.5) is 0 Å².